The molecule has 20 heteroatoms. The molecule has 0 bridgehead atoms. The molecule has 0 spiro atoms. The number of ether oxygens (including phenoxy) is 10. The van der Waals surface area contributed by atoms with E-state index in [1.165, 1.54) is 27.8 Å². The molecule has 0 radical (unpaired) electrons. The minimum absolute atomic E-state index is 0.0318. The van der Waals surface area contributed by atoms with E-state index in [0.717, 1.165) is 98.6 Å². The molecule has 20 nitrogen and oxygen atoms in total. The molecule has 109 heavy (non-hydrogen) atoms. The van der Waals surface area contributed by atoms with Gasteiger partial charge in [-0.1, -0.05) is 221 Å². The molecule has 0 aliphatic carbocycles. The average Bonchev–Trinajstić information content (AvgIpc) is 1.68. The second-order valence-electron chi connectivity index (χ2n) is 31.7. The van der Waals surface area contributed by atoms with Crippen LogP contribution in [0.2, 0.25) is 0 Å². The van der Waals surface area contributed by atoms with Gasteiger partial charge in [0.05, 0.1) is 48.3 Å². The average molecular weight is 1500 g/mol. The maximum absolute atomic E-state index is 5.84. The minimum Gasteiger partial charge on any atom is -0.479 e. The van der Waals surface area contributed by atoms with E-state index in [0.29, 0.717) is 36.6 Å². The Kier molecular flexibility index (Phi) is 35.2. The highest BCUT2D eigenvalue weighted by atomic mass is 16.5. The monoisotopic (exact) mass is 1500 g/mol. The van der Waals surface area contributed by atoms with Gasteiger partial charge in [0.1, 0.15) is 76.1 Å². The third-order valence-electron chi connectivity index (χ3n) is 18.3. The zero-order chi connectivity index (χ0) is 80.0. The summed E-state index contributed by atoms with van der Waals surface area (Å²) in [7, 11) is 0. The molecule has 5 aromatic rings. The van der Waals surface area contributed by atoms with Crippen LogP contribution in [-0.2, 0) is 47.4 Å². The maximum atomic E-state index is 5.84. The lowest BCUT2D eigenvalue weighted by molar-refractivity contribution is 0.138. The Bertz CT molecular complexity index is 3860. The van der Waals surface area contributed by atoms with Crippen LogP contribution >= 0.6 is 0 Å². The topological polar surface area (TPSA) is 216 Å². The fraction of sp³-hybridized carbons (Fsp3) is 0.551. The second kappa shape index (κ2) is 43.3. The largest absolute Gasteiger partial charge is 0.479 e. The van der Waals surface area contributed by atoms with E-state index < -0.39 is 0 Å². The van der Waals surface area contributed by atoms with Crippen LogP contribution in [0, 0.1) is 22.7 Å². The zero-order valence-corrected chi connectivity index (χ0v) is 70.0. The third-order valence-corrected chi connectivity index (χ3v) is 18.3. The number of benzene rings is 5. The van der Waals surface area contributed by atoms with E-state index in [9.17, 15) is 0 Å². The van der Waals surface area contributed by atoms with Gasteiger partial charge in [0.25, 0.3) is 0 Å². The van der Waals surface area contributed by atoms with Crippen LogP contribution < -0.4 is 0 Å². The molecular weight excluding hydrogens is 1370 g/mol. The lowest BCUT2D eigenvalue weighted by atomic mass is 9.82. The van der Waals surface area contributed by atoms with Gasteiger partial charge in [-0.25, -0.2) is 44.9 Å². The Labute approximate surface area is 652 Å². The van der Waals surface area contributed by atoms with Gasteiger partial charge >= 0.3 is 0 Å². The fourth-order valence-electron chi connectivity index (χ4n) is 12.3. The summed E-state index contributed by atoms with van der Waals surface area (Å²) in [6.45, 7) is 56.5. The summed E-state index contributed by atoms with van der Waals surface area (Å²) in [6, 6.07) is 53.6. The van der Waals surface area contributed by atoms with Crippen molar-refractivity contribution in [1.82, 2.24) is 0 Å². The van der Waals surface area contributed by atoms with E-state index in [-0.39, 0.29) is 71.0 Å². The summed E-state index contributed by atoms with van der Waals surface area (Å²) in [4.78, 5) is 43.1. The standard InChI is InChI=1S/C14H19NO.C13H17NO.2C11H13NO.C10H11NO.C8H15NO.C7H13NO.C6H11NO.C5H9NO.C4H7NO/c1-10-15-13(14(2,3)4)12(16-10)11-8-6-5-7-9-11;1-9(2)12-13(15-10(3)14-12)11-7-5-4-6-8-11;1-8-11(12-9(2)13-8)10-6-4-3-5-7-10;1-8-11(13-9(2)12-8)10-6-4-3-5-7-10;1-8-11-10(7-12-8)9-5-3-2-4-6-9;1-6-9-7(5-10-6)8(2,3)4;1-5(2)7-4-9-6(3)8-7;1-5-7-6(2,3)4-8-5;1-4-3-7-5(2)6-4;1-4-5-2-3-6-4/h5-9,12-13H,1-4H3;4-9,12-13H,1-3H3;2*3-8,11H,1-2H3;2-6,10H,7H2,1H3;7H,5H2,1-4H3;5,7H,4H2,1-3H3;4H2,1-3H3;4H,3H2,1-2H3;2-3H2,1H3. The van der Waals surface area contributed by atoms with Crippen LogP contribution in [0.3, 0.4) is 0 Å². The molecule has 0 saturated carbocycles. The molecule has 0 saturated heterocycles. The van der Waals surface area contributed by atoms with Gasteiger partial charge in [-0.2, -0.15) is 0 Å². The lowest BCUT2D eigenvalue weighted by Crippen LogP contribution is -2.28. The molecule has 15 rings (SSSR count). The molecule has 12 atom stereocenters. The van der Waals surface area contributed by atoms with Crippen LogP contribution in [0.25, 0.3) is 0 Å². The molecule has 0 fully saturated rings. The van der Waals surface area contributed by atoms with E-state index in [4.69, 9.17) is 47.4 Å². The molecule has 594 valence electrons. The Morgan fingerprint density at radius 1 is 0.376 bits per heavy atom. The first kappa shape index (κ1) is 88.7. The van der Waals surface area contributed by atoms with E-state index in [1.54, 1.807) is 0 Å². The molecule has 5 aromatic carbocycles. The Morgan fingerprint density at radius 3 is 1.16 bits per heavy atom. The molecule has 12 unspecified atom stereocenters. The zero-order valence-electron chi connectivity index (χ0n) is 70.0. The lowest BCUT2D eigenvalue weighted by Gasteiger charge is -2.28. The van der Waals surface area contributed by atoms with Gasteiger partial charge in [-0.3, -0.25) is 4.99 Å². The summed E-state index contributed by atoms with van der Waals surface area (Å²) in [5, 5.41) is 0. The molecular formula is C89H128N10O10. The van der Waals surface area contributed by atoms with Crippen molar-refractivity contribution in [3.8, 4) is 0 Å². The summed E-state index contributed by atoms with van der Waals surface area (Å²) in [5.41, 5.74) is 6.50. The Hall–Kier alpha value is -9.20. The van der Waals surface area contributed by atoms with Crippen LogP contribution in [0.15, 0.2) is 202 Å². The number of nitrogens with zero attached hydrogens (tertiary/aromatic N) is 10. The van der Waals surface area contributed by atoms with Crippen molar-refractivity contribution < 1.29 is 47.4 Å². The van der Waals surface area contributed by atoms with Crippen molar-refractivity contribution in [3.63, 3.8) is 0 Å². The van der Waals surface area contributed by atoms with Gasteiger partial charge in [0.2, 0.25) is 0 Å². The Morgan fingerprint density at radius 2 is 0.826 bits per heavy atom. The van der Waals surface area contributed by atoms with Crippen molar-refractivity contribution in [2.24, 2.45) is 72.6 Å². The van der Waals surface area contributed by atoms with Crippen molar-refractivity contribution >= 4 is 59.0 Å². The quantitative estimate of drug-likeness (QED) is 0.150. The highest BCUT2D eigenvalue weighted by Crippen LogP contribution is 2.40. The fourth-order valence-corrected chi connectivity index (χ4v) is 12.3. The third kappa shape index (κ3) is 31.0. The predicted molar refractivity (Wildman–Crippen MR) is 448 cm³/mol. The normalized spacial score (nSPS) is 25.3. The molecule has 0 aromatic heterocycles. The van der Waals surface area contributed by atoms with Gasteiger partial charge < -0.3 is 47.4 Å². The first-order valence-corrected chi connectivity index (χ1v) is 38.7. The van der Waals surface area contributed by atoms with Crippen molar-refractivity contribution in [2.45, 2.75) is 251 Å². The summed E-state index contributed by atoms with van der Waals surface area (Å²) in [5.74, 6) is 9.25. The molecule has 0 N–H and O–H groups in total. The molecule has 10 aliphatic heterocycles. The summed E-state index contributed by atoms with van der Waals surface area (Å²) >= 11 is 0. The van der Waals surface area contributed by atoms with Gasteiger partial charge in [-0.05, 0) is 85.1 Å². The van der Waals surface area contributed by atoms with Crippen LogP contribution in [0.5, 0.6) is 0 Å². The van der Waals surface area contributed by atoms with Gasteiger partial charge in [-0.15, -0.1) is 0 Å². The highest BCUT2D eigenvalue weighted by molar-refractivity contribution is 5.79. The van der Waals surface area contributed by atoms with Crippen LogP contribution in [0.4, 0.5) is 0 Å². The number of hydrogen-bond acceptors (Lipinski definition) is 20. The first-order valence-electron chi connectivity index (χ1n) is 38.7. The maximum Gasteiger partial charge on any atom is 0.181 e. The van der Waals surface area contributed by atoms with Crippen molar-refractivity contribution in [1.29, 1.82) is 0 Å². The highest BCUT2D eigenvalue weighted by Gasteiger charge is 2.39. The molecule has 10 heterocycles. The number of rotatable bonds is 7. The predicted octanol–water partition coefficient (Wildman–Crippen LogP) is 19.9. The number of hydrogen-bond donors (Lipinski definition) is 0. The summed E-state index contributed by atoms with van der Waals surface area (Å²) in [6.07, 6.45) is 0.455. The van der Waals surface area contributed by atoms with Crippen LogP contribution in [0.1, 0.15) is 231 Å². The van der Waals surface area contributed by atoms with Gasteiger partial charge in [0.15, 0.2) is 59.0 Å². The SMILES string of the molecule is CC1=NC(C(C)(C)C)C(c2ccccc2)O1.CC1=NC(C(C)(C)C)CO1.CC1=NC(C(C)C)C(c2ccccc2)O1.CC1=NC(C(C)C)CO1.CC1=NC(C)(C)CO1.CC1=NC(C)C(c2ccccc2)O1.CC1=NC(C)CO1.CC1=NC(c2ccccc2)C(C)O1.CC1=NC(c2ccccc2)CO1.CC1=NCCO1. The number of aliphatic imine (C=N–C) groups is 10. The van der Waals surface area contributed by atoms with E-state index in [2.05, 4.69) is 208 Å². The minimum atomic E-state index is 0.0318. The second-order valence-corrected chi connectivity index (χ2v) is 31.7. The van der Waals surface area contributed by atoms with Crippen LogP contribution in [-0.4, -0.2) is 153 Å². The first-order chi connectivity index (χ1) is 51.5. The van der Waals surface area contributed by atoms with Gasteiger partial charge in [0, 0.05) is 69.2 Å². The summed E-state index contributed by atoms with van der Waals surface area (Å²) < 4.78 is 53.4. The molecule has 10 aliphatic rings. The molecule has 0 amide bonds. The van der Waals surface area contributed by atoms with E-state index in [1.807, 2.05) is 167 Å². The Balaban J connectivity index is 0.000000191. The van der Waals surface area contributed by atoms with E-state index >= 15 is 0 Å². The van der Waals surface area contributed by atoms with Crippen molar-refractivity contribution in [3.05, 3.63) is 179 Å². The van der Waals surface area contributed by atoms with Crippen molar-refractivity contribution in [2.75, 3.05) is 46.2 Å². The smallest absolute Gasteiger partial charge is 0.181 e.